The first-order valence-corrected chi connectivity index (χ1v) is 14.6. The van der Waals surface area contributed by atoms with Crippen molar-refractivity contribution < 1.29 is 22.4 Å². The van der Waals surface area contributed by atoms with Crippen molar-refractivity contribution in [2.75, 3.05) is 17.4 Å². The van der Waals surface area contributed by atoms with Crippen molar-refractivity contribution in [1.82, 2.24) is 10.2 Å². The van der Waals surface area contributed by atoms with Gasteiger partial charge in [-0.1, -0.05) is 61.8 Å². The maximum absolute atomic E-state index is 14.0. The van der Waals surface area contributed by atoms with E-state index in [1.165, 1.54) is 41.3 Å². The van der Waals surface area contributed by atoms with Crippen LogP contribution in [0.2, 0.25) is 5.02 Å². The summed E-state index contributed by atoms with van der Waals surface area (Å²) in [5.41, 5.74) is 1.34. The van der Waals surface area contributed by atoms with Gasteiger partial charge in [0.1, 0.15) is 18.4 Å². The molecule has 0 bridgehead atoms. The second kappa shape index (κ2) is 13.6. The zero-order chi connectivity index (χ0) is 28.6. The fourth-order valence-corrected chi connectivity index (χ4v) is 5.83. The molecule has 10 heteroatoms. The largest absolute Gasteiger partial charge is 0.354 e. The lowest BCUT2D eigenvalue weighted by molar-refractivity contribution is -0.140. The lowest BCUT2D eigenvalue weighted by Crippen LogP contribution is -2.52. The first-order chi connectivity index (χ1) is 18.6. The number of nitrogens with one attached hydrogen (secondary N) is 1. The molecule has 1 N–H and O–H groups in total. The number of hydrogen-bond acceptors (Lipinski definition) is 4. The van der Waals surface area contributed by atoms with Gasteiger partial charge in [-0.05, 0) is 67.3 Å². The molecule has 0 aliphatic carbocycles. The van der Waals surface area contributed by atoms with Gasteiger partial charge in [0.05, 0.1) is 10.6 Å². The fourth-order valence-electron chi connectivity index (χ4n) is 4.17. The summed E-state index contributed by atoms with van der Waals surface area (Å²) in [5, 5.41) is 3.18. The second-order valence-corrected chi connectivity index (χ2v) is 11.3. The molecule has 0 unspecified atom stereocenters. The molecule has 3 aromatic carbocycles. The Morgan fingerprint density at radius 2 is 1.64 bits per heavy atom. The number of amides is 2. The number of anilines is 1. The predicted molar refractivity (Wildman–Crippen MR) is 151 cm³/mol. The minimum absolute atomic E-state index is 0.00901. The molecular weight excluding hydrogens is 541 g/mol. The summed E-state index contributed by atoms with van der Waals surface area (Å²) < 4.78 is 42.3. The van der Waals surface area contributed by atoms with Crippen molar-refractivity contribution >= 4 is 39.1 Å². The highest BCUT2D eigenvalue weighted by Crippen LogP contribution is 2.31. The van der Waals surface area contributed by atoms with Gasteiger partial charge in [0.25, 0.3) is 10.0 Å². The zero-order valence-electron chi connectivity index (χ0n) is 22.2. The van der Waals surface area contributed by atoms with Crippen molar-refractivity contribution in [3.05, 3.63) is 94.8 Å². The Bertz CT molecular complexity index is 1390. The molecule has 0 radical (unpaired) electrons. The molecule has 0 saturated carbocycles. The monoisotopic (exact) mass is 573 g/mol. The molecule has 0 heterocycles. The van der Waals surface area contributed by atoms with Crippen molar-refractivity contribution in [1.29, 1.82) is 0 Å². The van der Waals surface area contributed by atoms with Crippen molar-refractivity contribution in [2.24, 2.45) is 0 Å². The van der Waals surface area contributed by atoms with E-state index in [1.807, 2.05) is 6.92 Å². The van der Waals surface area contributed by atoms with Crippen molar-refractivity contribution in [3.8, 4) is 0 Å². The van der Waals surface area contributed by atoms with E-state index in [0.29, 0.717) is 35.5 Å². The highest BCUT2D eigenvalue weighted by Gasteiger charge is 2.34. The fraction of sp³-hybridized carbons (Fsp3) is 0.310. The van der Waals surface area contributed by atoms with E-state index in [2.05, 4.69) is 5.32 Å². The number of sulfonamides is 1. The predicted octanol–water partition coefficient (Wildman–Crippen LogP) is 5.32. The van der Waals surface area contributed by atoms with E-state index in [9.17, 15) is 22.4 Å². The number of nitrogens with zero attached hydrogens (tertiary/aromatic N) is 2. The molecule has 0 aliphatic heterocycles. The average molecular weight is 574 g/mol. The summed E-state index contributed by atoms with van der Waals surface area (Å²) in [4.78, 5) is 28.4. The molecule has 7 nitrogen and oxygen atoms in total. The van der Waals surface area contributed by atoms with Gasteiger partial charge in [0.15, 0.2) is 0 Å². The summed E-state index contributed by atoms with van der Waals surface area (Å²) in [6.45, 7) is 5.23. The highest BCUT2D eigenvalue weighted by atomic mass is 35.5. The van der Waals surface area contributed by atoms with Gasteiger partial charge in [-0.2, -0.15) is 0 Å². The first kappa shape index (κ1) is 30.1. The first-order valence-electron chi connectivity index (χ1n) is 12.7. The minimum atomic E-state index is -4.19. The Labute approximate surface area is 234 Å². The Kier molecular flexibility index (Phi) is 10.5. The van der Waals surface area contributed by atoms with Gasteiger partial charge in [0.2, 0.25) is 11.8 Å². The van der Waals surface area contributed by atoms with Crippen LogP contribution in [0.5, 0.6) is 0 Å². The SMILES string of the molecule is CCCNC(=O)[C@H](CC)N(Cc1ccc(F)cc1)C(=O)CN(c1cccc(Cl)c1C)S(=O)(=O)c1ccccc1. The normalized spacial score (nSPS) is 12.0. The highest BCUT2D eigenvalue weighted by molar-refractivity contribution is 7.92. The quantitative estimate of drug-likeness (QED) is 0.318. The Morgan fingerprint density at radius 3 is 2.26 bits per heavy atom. The number of rotatable bonds is 12. The Morgan fingerprint density at radius 1 is 0.974 bits per heavy atom. The Balaban J connectivity index is 2.08. The molecule has 0 aliphatic rings. The van der Waals surface area contributed by atoms with Crippen LogP contribution < -0.4 is 9.62 Å². The van der Waals surface area contributed by atoms with Crippen LogP contribution in [-0.4, -0.2) is 44.3 Å². The van der Waals surface area contributed by atoms with E-state index in [-0.39, 0.29) is 23.0 Å². The lowest BCUT2D eigenvalue weighted by Gasteiger charge is -2.33. The molecule has 39 heavy (non-hydrogen) atoms. The van der Waals surface area contributed by atoms with Gasteiger partial charge in [-0.15, -0.1) is 0 Å². The number of halogens is 2. The third-order valence-corrected chi connectivity index (χ3v) is 8.50. The van der Waals surface area contributed by atoms with Gasteiger partial charge < -0.3 is 10.2 Å². The van der Waals surface area contributed by atoms with Gasteiger partial charge in [-0.3, -0.25) is 13.9 Å². The van der Waals surface area contributed by atoms with Crippen LogP contribution in [0.3, 0.4) is 0 Å². The third-order valence-electron chi connectivity index (χ3n) is 6.32. The zero-order valence-corrected chi connectivity index (χ0v) is 23.8. The van der Waals surface area contributed by atoms with Gasteiger partial charge in [-0.25, -0.2) is 12.8 Å². The molecule has 1 atom stereocenters. The molecule has 0 fully saturated rings. The summed E-state index contributed by atoms with van der Waals surface area (Å²) in [7, 11) is -4.19. The molecular formula is C29H33ClFN3O4S. The Hall–Kier alpha value is -3.43. The van der Waals surface area contributed by atoms with Crippen LogP contribution in [0.1, 0.15) is 37.8 Å². The van der Waals surface area contributed by atoms with Crippen LogP contribution in [-0.2, 0) is 26.2 Å². The number of benzene rings is 3. The van der Waals surface area contributed by atoms with Crippen LogP contribution in [0.4, 0.5) is 10.1 Å². The van der Waals surface area contributed by atoms with Crippen molar-refractivity contribution in [3.63, 3.8) is 0 Å². The minimum Gasteiger partial charge on any atom is -0.354 e. The topological polar surface area (TPSA) is 86.8 Å². The summed E-state index contributed by atoms with van der Waals surface area (Å²) >= 11 is 6.34. The summed E-state index contributed by atoms with van der Waals surface area (Å²) in [6.07, 6.45) is 1.01. The maximum atomic E-state index is 14.0. The molecule has 3 rings (SSSR count). The van der Waals surface area contributed by atoms with E-state index < -0.39 is 34.3 Å². The average Bonchev–Trinajstić information content (AvgIpc) is 2.93. The van der Waals surface area contributed by atoms with Crippen LogP contribution in [0, 0.1) is 12.7 Å². The standard InChI is InChI=1S/C29H33ClFN3O4S/c1-4-18-32-29(36)26(5-2)33(19-22-14-16-23(31)17-15-22)28(35)20-34(27-13-9-12-25(30)21(27)3)39(37,38)24-10-7-6-8-11-24/h6-17,26H,4-5,18-20H2,1-3H3,(H,32,36)/t26-/m0/s1. The maximum Gasteiger partial charge on any atom is 0.264 e. The van der Waals surface area contributed by atoms with E-state index in [4.69, 9.17) is 11.6 Å². The van der Waals surface area contributed by atoms with Gasteiger partial charge >= 0.3 is 0 Å². The van der Waals surface area contributed by atoms with E-state index >= 15 is 0 Å². The molecule has 0 aromatic heterocycles. The molecule has 0 saturated heterocycles. The van der Waals surface area contributed by atoms with Crippen molar-refractivity contribution in [2.45, 2.75) is 51.1 Å². The molecule has 208 valence electrons. The molecule has 3 aromatic rings. The molecule has 2 amide bonds. The van der Waals surface area contributed by atoms with Crippen LogP contribution >= 0.6 is 11.6 Å². The third kappa shape index (κ3) is 7.36. The number of carbonyl (C=O) groups excluding carboxylic acids is 2. The van der Waals surface area contributed by atoms with Crippen LogP contribution in [0.25, 0.3) is 0 Å². The van der Waals surface area contributed by atoms with E-state index in [0.717, 1.165) is 4.31 Å². The van der Waals surface area contributed by atoms with Crippen LogP contribution in [0.15, 0.2) is 77.7 Å². The number of hydrogen-bond donors (Lipinski definition) is 1. The second-order valence-electron chi connectivity index (χ2n) is 9.07. The summed E-state index contributed by atoms with van der Waals surface area (Å²) in [6, 6.07) is 17.4. The molecule has 0 spiro atoms. The lowest BCUT2D eigenvalue weighted by atomic mass is 10.1. The summed E-state index contributed by atoms with van der Waals surface area (Å²) in [5.74, 6) is -1.36. The smallest absolute Gasteiger partial charge is 0.264 e. The number of carbonyl (C=O) groups is 2. The van der Waals surface area contributed by atoms with E-state index in [1.54, 1.807) is 50.2 Å². The van der Waals surface area contributed by atoms with Gasteiger partial charge in [0, 0.05) is 18.1 Å².